The summed E-state index contributed by atoms with van der Waals surface area (Å²) >= 11 is 5.15. The van der Waals surface area contributed by atoms with E-state index in [-0.39, 0.29) is 0 Å². The van der Waals surface area contributed by atoms with Crippen LogP contribution < -0.4 is 5.32 Å². The fourth-order valence-corrected chi connectivity index (χ4v) is 3.29. The molecule has 0 aliphatic heterocycles. The van der Waals surface area contributed by atoms with Crippen molar-refractivity contribution >= 4 is 43.7 Å². The third-order valence-electron chi connectivity index (χ3n) is 3.00. The number of phenolic OH excluding ortho intramolecular Hbond substituents is 1. The van der Waals surface area contributed by atoms with Gasteiger partial charge in [0.15, 0.2) is 0 Å². The molecule has 3 rings (SSSR count). The Morgan fingerprint density at radius 3 is 2.68 bits per heavy atom. The summed E-state index contributed by atoms with van der Waals surface area (Å²) in [4.78, 5) is 0. The van der Waals surface area contributed by atoms with Crippen LogP contribution in [-0.2, 0) is 6.54 Å². The first-order valence-electron chi connectivity index (χ1n) is 5.91. The number of hydrogen-bond donors (Lipinski definition) is 2. The van der Waals surface area contributed by atoms with E-state index < -0.39 is 0 Å². The molecule has 0 amide bonds. The molecule has 4 heteroatoms. The van der Waals surface area contributed by atoms with Crippen LogP contribution in [0, 0.1) is 0 Å². The maximum Gasteiger partial charge on any atom is 0.123 e. The van der Waals surface area contributed by atoms with E-state index in [9.17, 15) is 5.11 Å². The predicted molar refractivity (Wildman–Crippen MR) is 85.0 cm³/mol. The molecule has 0 fully saturated rings. The van der Waals surface area contributed by atoms with Crippen molar-refractivity contribution in [2.75, 3.05) is 5.32 Å². The Balaban J connectivity index is 1.91. The van der Waals surface area contributed by atoms with Crippen molar-refractivity contribution in [3.63, 3.8) is 0 Å². The molecule has 0 aliphatic carbocycles. The Morgan fingerprint density at radius 1 is 1.11 bits per heavy atom. The molecule has 1 heterocycles. The van der Waals surface area contributed by atoms with Gasteiger partial charge >= 0.3 is 0 Å². The van der Waals surface area contributed by atoms with Crippen molar-refractivity contribution in [1.29, 1.82) is 0 Å². The number of thiophene rings is 1. The van der Waals surface area contributed by atoms with Crippen molar-refractivity contribution in [2.24, 2.45) is 0 Å². The van der Waals surface area contributed by atoms with Crippen LogP contribution >= 0.6 is 27.3 Å². The molecule has 0 bridgehead atoms. The van der Waals surface area contributed by atoms with E-state index in [1.807, 2.05) is 30.3 Å². The van der Waals surface area contributed by atoms with E-state index in [0.717, 1.165) is 26.8 Å². The minimum atomic E-state index is 0.319. The summed E-state index contributed by atoms with van der Waals surface area (Å²) in [5.41, 5.74) is 2.28. The second-order valence-corrected chi connectivity index (χ2v) is 6.58. The number of aromatic hydroxyl groups is 1. The lowest BCUT2D eigenvalue weighted by molar-refractivity contribution is 0.481. The second kappa shape index (κ2) is 5.23. The zero-order chi connectivity index (χ0) is 13.2. The van der Waals surface area contributed by atoms with Gasteiger partial charge in [0, 0.05) is 23.0 Å². The third kappa shape index (κ3) is 2.60. The molecule has 3 aromatic rings. The minimum absolute atomic E-state index is 0.319. The first-order valence-corrected chi connectivity index (χ1v) is 7.59. The standard InChI is InChI=1S/C15H12BrNOS/c16-15-7-10(9-19-15)8-17-13-5-1-4-12-11(13)3-2-6-14(12)18/h1-7,9,17-18H,8H2. The summed E-state index contributed by atoms with van der Waals surface area (Å²) in [6, 6.07) is 13.6. The summed E-state index contributed by atoms with van der Waals surface area (Å²) in [6.45, 7) is 0.775. The molecule has 1 aromatic heterocycles. The van der Waals surface area contributed by atoms with Crippen molar-refractivity contribution in [2.45, 2.75) is 6.54 Å². The zero-order valence-corrected chi connectivity index (χ0v) is 12.5. The average Bonchev–Trinajstić information content (AvgIpc) is 2.83. The van der Waals surface area contributed by atoms with Gasteiger partial charge in [-0.25, -0.2) is 0 Å². The number of rotatable bonds is 3. The molecule has 2 nitrogen and oxygen atoms in total. The molecule has 96 valence electrons. The summed E-state index contributed by atoms with van der Waals surface area (Å²) in [5.74, 6) is 0.319. The smallest absolute Gasteiger partial charge is 0.123 e. The van der Waals surface area contributed by atoms with Gasteiger partial charge in [-0.15, -0.1) is 11.3 Å². The molecule has 0 spiro atoms. The lowest BCUT2D eigenvalue weighted by Crippen LogP contribution is -1.98. The topological polar surface area (TPSA) is 32.3 Å². The number of benzene rings is 2. The fourth-order valence-electron chi connectivity index (χ4n) is 2.08. The zero-order valence-electron chi connectivity index (χ0n) is 10.1. The maximum atomic E-state index is 9.85. The van der Waals surface area contributed by atoms with E-state index in [2.05, 4.69) is 32.7 Å². The number of hydrogen-bond acceptors (Lipinski definition) is 3. The van der Waals surface area contributed by atoms with Gasteiger partial charge in [-0.2, -0.15) is 0 Å². The SMILES string of the molecule is Oc1cccc2c(NCc3csc(Br)c3)cccc12. The highest BCUT2D eigenvalue weighted by Crippen LogP contribution is 2.30. The van der Waals surface area contributed by atoms with Crippen LogP contribution in [0.4, 0.5) is 5.69 Å². The fraction of sp³-hybridized carbons (Fsp3) is 0.0667. The first-order chi connectivity index (χ1) is 9.24. The van der Waals surface area contributed by atoms with Crippen LogP contribution in [0.15, 0.2) is 51.6 Å². The van der Waals surface area contributed by atoms with Crippen molar-refractivity contribution in [3.8, 4) is 5.75 Å². The highest BCUT2D eigenvalue weighted by atomic mass is 79.9. The van der Waals surface area contributed by atoms with E-state index in [1.165, 1.54) is 5.56 Å². The second-order valence-electron chi connectivity index (χ2n) is 4.29. The largest absolute Gasteiger partial charge is 0.507 e. The van der Waals surface area contributed by atoms with Crippen LogP contribution in [0.5, 0.6) is 5.75 Å². The van der Waals surface area contributed by atoms with E-state index in [1.54, 1.807) is 17.4 Å². The normalized spacial score (nSPS) is 10.8. The number of anilines is 1. The molecule has 0 aliphatic rings. The number of phenols is 1. The van der Waals surface area contributed by atoms with Crippen molar-refractivity contribution in [1.82, 2.24) is 0 Å². The van der Waals surface area contributed by atoms with Gasteiger partial charge in [0.1, 0.15) is 5.75 Å². The Labute approximate surface area is 123 Å². The van der Waals surface area contributed by atoms with E-state index in [4.69, 9.17) is 0 Å². The monoisotopic (exact) mass is 333 g/mol. The molecule has 2 aromatic carbocycles. The molecule has 0 radical (unpaired) electrons. The molecule has 19 heavy (non-hydrogen) atoms. The molecule has 0 unspecified atom stereocenters. The number of fused-ring (bicyclic) bond motifs is 1. The predicted octanol–water partition coefficient (Wildman–Crippen LogP) is 4.98. The molecular weight excluding hydrogens is 322 g/mol. The number of halogens is 1. The van der Waals surface area contributed by atoms with Gasteiger partial charge in [0.05, 0.1) is 3.79 Å². The minimum Gasteiger partial charge on any atom is -0.507 e. The summed E-state index contributed by atoms with van der Waals surface area (Å²) in [6.07, 6.45) is 0. The van der Waals surface area contributed by atoms with Gasteiger partial charge in [-0.05, 0) is 45.1 Å². The molecule has 0 atom stereocenters. The Morgan fingerprint density at radius 2 is 1.89 bits per heavy atom. The van der Waals surface area contributed by atoms with Crippen LogP contribution in [-0.4, -0.2) is 5.11 Å². The van der Waals surface area contributed by atoms with Gasteiger partial charge in [-0.1, -0.05) is 24.3 Å². The lowest BCUT2D eigenvalue weighted by Gasteiger charge is -2.09. The van der Waals surface area contributed by atoms with Gasteiger partial charge in [0.25, 0.3) is 0 Å². The van der Waals surface area contributed by atoms with Gasteiger partial charge in [0.2, 0.25) is 0 Å². The summed E-state index contributed by atoms with van der Waals surface area (Å²) < 4.78 is 1.14. The van der Waals surface area contributed by atoms with Crippen LogP contribution in [0.3, 0.4) is 0 Å². The van der Waals surface area contributed by atoms with Crippen LogP contribution in [0.25, 0.3) is 10.8 Å². The Hall–Kier alpha value is -1.52. The van der Waals surface area contributed by atoms with Crippen molar-refractivity contribution in [3.05, 3.63) is 57.2 Å². The first kappa shape index (κ1) is 12.5. The van der Waals surface area contributed by atoms with E-state index in [0.29, 0.717) is 5.75 Å². The average molecular weight is 334 g/mol. The van der Waals surface area contributed by atoms with Crippen LogP contribution in [0.2, 0.25) is 0 Å². The number of nitrogens with one attached hydrogen (secondary N) is 1. The third-order valence-corrected chi connectivity index (χ3v) is 4.56. The van der Waals surface area contributed by atoms with Crippen molar-refractivity contribution < 1.29 is 5.11 Å². The maximum absolute atomic E-state index is 9.85. The highest BCUT2D eigenvalue weighted by Gasteiger charge is 2.04. The van der Waals surface area contributed by atoms with Crippen LogP contribution in [0.1, 0.15) is 5.56 Å². The molecule has 0 saturated carbocycles. The Bertz CT molecular complexity index is 723. The molecular formula is C15H12BrNOS. The van der Waals surface area contributed by atoms with Gasteiger partial charge in [-0.3, -0.25) is 0 Å². The Kier molecular flexibility index (Phi) is 3.44. The van der Waals surface area contributed by atoms with Gasteiger partial charge < -0.3 is 10.4 Å². The highest BCUT2D eigenvalue weighted by molar-refractivity contribution is 9.11. The quantitative estimate of drug-likeness (QED) is 0.708. The summed E-state index contributed by atoms with van der Waals surface area (Å²) in [5, 5.41) is 17.3. The lowest BCUT2D eigenvalue weighted by atomic mass is 10.1. The molecule has 2 N–H and O–H groups in total. The summed E-state index contributed by atoms with van der Waals surface area (Å²) in [7, 11) is 0. The molecule has 0 saturated heterocycles. The van der Waals surface area contributed by atoms with E-state index >= 15 is 0 Å².